The van der Waals surface area contributed by atoms with Crippen molar-refractivity contribution in [3.63, 3.8) is 0 Å². The van der Waals surface area contributed by atoms with Crippen LogP contribution in [-0.2, 0) is 19.2 Å². The molecule has 0 aromatic rings. The van der Waals surface area contributed by atoms with E-state index >= 15 is 0 Å². The molecule has 4 aliphatic carbocycles. The maximum absolute atomic E-state index is 13.1. The first-order chi connectivity index (χ1) is 15.7. The minimum Gasteiger partial charge on any atom is -0.282 e. The largest absolute Gasteiger partial charge is 0.282 e. The van der Waals surface area contributed by atoms with Gasteiger partial charge in [0.15, 0.2) is 0 Å². The van der Waals surface area contributed by atoms with Crippen molar-refractivity contribution in [3.8, 4) is 0 Å². The summed E-state index contributed by atoms with van der Waals surface area (Å²) >= 11 is 0. The van der Waals surface area contributed by atoms with Crippen LogP contribution in [-0.4, -0.2) is 46.5 Å². The summed E-state index contributed by atoms with van der Waals surface area (Å²) in [6, 6.07) is 0. The molecule has 9 unspecified atom stereocenters. The monoisotopic (exact) mass is 450 g/mol. The van der Waals surface area contributed by atoms with Crippen LogP contribution in [0.2, 0.25) is 0 Å². The third kappa shape index (κ3) is 3.05. The molecule has 2 saturated carbocycles. The molecule has 6 aliphatic rings. The molecule has 6 heteroatoms. The van der Waals surface area contributed by atoms with E-state index in [0.717, 1.165) is 25.7 Å². The van der Waals surface area contributed by atoms with Gasteiger partial charge >= 0.3 is 0 Å². The van der Waals surface area contributed by atoms with Gasteiger partial charge in [0.25, 0.3) is 0 Å². The SMILES string of the molecule is CC(CCN1C(=O)C2C3C=CC(C3)C2C1=O)CC(C)(C)CN1C(=O)C2C3C=CC(C3)C2C1=O. The van der Waals surface area contributed by atoms with Crippen LogP contribution >= 0.6 is 0 Å². The van der Waals surface area contributed by atoms with Gasteiger partial charge in [0, 0.05) is 13.1 Å². The standard InChI is InChI=1S/C27H34N2O4/c1-14(8-9-28-23(30)19-15-4-5-16(10-15)20(19)24(28)31)12-27(2,3)13-29-25(32)21-17-6-7-18(11-17)22(21)26(29)33/h4-7,14-22H,8-13H2,1-3H3. The summed E-state index contributed by atoms with van der Waals surface area (Å²) in [6.07, 6.45) is 12.0. The maximum atomic E-state index is 13.1. The lowest BCUT2D eigenvalue weighted by atomic mass is 9.81. The predicted octanol–water partition coefficient (Wildman–Crippen LogP) is 3.04. The lowest BCUT2D eigenvalue weighted by Gasteiger charge is -2.32. The Hall–Kier alpha value is -2.24. The second kappa shape index (κ2) is 7.13. The predicted molar refractivity (Wildman–Crippen MR) is 121 cm³/mol. The average Bonchev–Trinajstić information content (AvgIpc) is 3.58. The molecular weight excluding hydrogens is 416 g/mol. The molecule has 33 heavy (non-hydrogen) atoms. The average molecular weight is 451 g/mol. The Labute approximate surface area is 195 Å². The van der Waals surface area contributed by atoms with Gasteiger partial charge in [0.1, 0.15) is 0 Å². The van der Waals surface area contributed by atoms with E-state index in [9.17, 15) is 19.2 Å². The molecule has 9 atom stereocenters. The number of fused-ring (bicyclic) bond motifs is 10. The third-order valence-electron chi connectivity index (χ3n) is 9.46. The van der Waals surface area contributed by atoms with E-state index in [0.29, 0.717) is 13.1 Å². The van der Waals surface area contributed by atoms with Crippen LogP contribution in [0.3, 0.4) is 0 Å². The van der Waals surface area contributed by atoms with Gasteiger partial charge < -0.3 is 0 Å². The van der Waals surface area contributed by atoms with Crippen molar-refractivity contribution in [2.45, 2.75) is 46.5 Å². The van der Waals surface area contributed by atoms with Crippen molar-refractivity contribution in [2.75, 3.05) is 13.1 Å². The number of carbonyl (C=O) groups is 4. The molecule has 2 saturated heterocycles. The topological polar surface area (TPSA) is 74.8 Å². The first-order valence-corrected chi connectivity index (χ1v) is 12.7. The number of allylic oxidation sites excluding steroid dienone is 4. The first-order valence-electron chi connectivity index (χ1n) is 12.7. The highest BCUT2D eigenvalue weighted by molar-refractivity contribution is 6.07. The number of imide groups is 2. The van der Waals surface area contributed by atoms with Gasteiger partial charge in [0.05, 0.1) is 23.7 Å². The van der Waals surface area contributed by atoms with Crippen LogP contribution in [0.5, 0.6) is 0 Å². The molecule has 0 spiro atoms. The minimum atomic E-state index is -0.214. The highest BCUT2D eigenvalue weighted by Crippen LogP contribution is 2.54. The van der Waals surface area contributed by atoms with Gasteiger partial charge in [-0.3, -0.25) is 29.0 Å². The van der Waals surface area contributed by atoms with Crippen molar-refractivity contribution in [2.24, 2.45) is 58.7 Å². The first kappa shape index (κ1) is 21.3. The van der Waals surface area contributed by atoms with Crippen molar-refractivity contribution < 1.29 is 19.2 Å². The molecule has 2 heterocycles. The van der Waals surface area contributed by atoms with Crippen molar-refractivity contribution >= 4 is 23.6 Å². The molecule has 0 N–H and O–H groups in total. The molecule has 4 bridgehead atoms. The summed E-state index contributed by atoms with van der Waals surface area (Å²) in [5, 5.41) is 0. The van der Waals surface area contributed by atoms with E-state index in [1.807, 2.05) is 0 Å². The maximum Gasteiger partial charge on any atom is 0.233 e. The zero-order valence-corrected chi connectivity index (χ0v) is 19.8. The Morgan fingerprint density at radius 2 is 1.15 bits per heavy atom. The number of amides is 4. The lowest BCUT2D eigenvalue weighted by molar-refractivity contribution is -0.143. The van der Waals surface area contributed by atoms with Crippen LogP contribution in [0.4, 0.5) is 0 Å². The van der Waals surface area contributed by atoms with Gasteiger partial charge in [-0.1, -0.05) is 45.1 Å². The van der Waals surface area contributed by atoms with Crippen molar-refractivity contribution in [1.29, 1.82) is 0 Å². The second-order valence-electron chi connectivity index (χ2n) is 12.4. The van der Waals surface area contributed by atoms with Gasteiger partial charge in [-0.25, -0.2) is 0 Å². The van der Waals surface area contributed by atoms with E-state index in [1.54, 1.807) is 0 Å². The molecule has 4 amide bonds. The van der Waals surface area contributed by atoms with E-state index < -0.39 is 0 Å². The fourth-order valence-electron chi connectivity index (χ4n) is 8.19. The highest BCUT2D eigenvalue weighted by atomic mass is 16.2. The van der Waals surface area contributed by atoms with Gasteiger partial charge in [-0.2, -0.15) is 0 Å². The van der Waals surface area contributed by atoms with Gasteiger partial charge in [-0.05, 0) is 60.7 Å². The van der Waals surface area contributed by atoms with Gasteiger partial charge in [0.2, 0.25) is 23.6 Å². The molecule has 4 fully saturated rings. The summed E-state index contributed by atoms with van der Waals surface area (Å²) in [5.41, 5.74) is -0.214. The van der Waals surface area contributed by atoms with Gasteiger partial charge in [-0.15, -0.1) is 0 Å². The molecule has 6 nitrogen and oxygen atoms in total. The number of hydrogen-bond acceptors (Lipinski definition) is 4. The molecule has 0 aromatic carbocycles. The summed E-state index contributed by atoms with van der Waals surface area (Å²) < 4.78 is 0. The summed E-state index contributed by atoms with van der Waals surface area (Å²) in [5.74, 6) is 0.801. The molecule has 6 rings (SSSR count). The number of nitrogens with zero attached hydrogens (tertiary/aromatic N) is 2. The molecule has 176 valence electrons. The molecule has 0 radical (unpaired) electrons. The quantitative estimate of drug-likeness (QED) is 0.441. The summed E-state index contributed by atoms with van der Waals surface area (Å²) in [4.78, 5) is 55.0. The van der Waals surface area contributed by atoms with Crippen molar-refractivity contribution in [1.82, 2.24) is 9.80 Å². The summed E-state index contributed by atoms with van der Waals surface area (Å²) in [7, 11) is 0. The number of carbonyl (C=O) groups excluding carboxylic acids is 4. The Kier molecular flexibility index (Phi) is 4.60. The normalized spacial score (nSPS) is 41.2. The summed E-state index contributed by atoms with van der Waals surface area (Å²) in [6.45, 7) is 7.30. The zero-order chi connectivity index (χ0) is 23.2. The van der Waals surface area contributed by atoms with Crippen LogP contribution in [0, 0.1) is 58.7 Å². The third-order valence-corrected chi connectivity index (χ3v) is 9.46. The zero-order valence-electron chi connectivity index (χ0n) is 19.8. The second-order valence-corrected chi connectivity index (χ2v) is 12.4. The minimum absolute atomic E-state index is 0.0191. The Morgan fingerprint density at radius 3 is 1.58 bits per heavy atom. The molecular formula is C27H34N2O4. The van der Waals surface area contributed by atoms with E-state index in [1.165, 1.54) is 9.80 Å². The van der Waals surface area contributed by atoms with Crippen LogP contribution < -0.4 is 0 Å². The van der Waals surface area contributed by atoms with Crippen molar-refractivity contribution in [3.05, 3.63) is 24.3 Å². The van der Waals surface area contributed by atoms with E-state index in [2.05, 4.69) is 45.1 Å². The fourth-order valence-corrected chi connectivity index (χ4v) is 8.19. The number of rotatable bonds is 7. The van der Waals surface area contributed by atoms with Crippen LogP contribution in [0.1, 0.15) is 46.5 Å². The Bertz CT molecular complexity index is 936. The Morgan fingerprint density at radius 1 is 0.758 bits per heavy atom. The van der Waals surface area contributed by atoms with Crippen LogP contribution in [0.25, 0.3) is 0 Å². The number of likely N-dealkylation sites (tertiary alicyclic amines) is 2. The highest BCUT2D eigenvalue weighted by Gasteiger charge is 2.60. The fraction of sp³-hybridized carbons (Fsp3) is 0.704. The molecule has 2 aliphatic heterocycles. The van der Waals surface area contributed by atoms with Crippen LogP contribution in [0.15, 0.2) is 24.3 Å². The van der Waals surface area contributed by atoms with E-state index in [-0.39, 0.29) is 82.3 Å². The lowest BCUT2D eigenvalue weighted by Crippen LogP contribution is -2.41. The Balaban J connectivity index is 1.05. The van der Waals surface area contributed by atoms with E-state index in [4.69, 9.17) is 0 Å². The number of hydrogen-bond donors (Lipinski definition) is 0. The smallest absolute Gasteiger partial charge is 0.233 e. The molecule has 0 aromatic heterocycles.